The van der Waals surface area contributed by atoms with Gasteiger partial charge >= 0.3 is 0 Å². The molecule has 0 spiro atoms. The lowest BCUT2D eigenvalue weighted by Crippen LogP contribution is -2.47. The number of guanidine groups is 1. The van der Waals surface area contributed by atoms with Gasteiger partial charge in [0.05, 0.1) is 36.7 Å². The van der Waals surface area contributed by atoms with E-state index in [0.29, 0.717) is 24.8 Å². The van der Waals surface area contributed by atoms with Crippen molar-refractivity contribution in [1.29, 1.82) is 0 Å². The van der Waals surface area contributed by atoms with Crippen LogP contribution < -0.4 is 10.6 Å². The van der Waals surface area contributed by atoms with E-state index in [-0.39, 0.29) is 0 Å². The van der Waals surface area contributed by atoms with Gasteiger partial charge in [0.2, 0.25) is 0 Å². The summed E-state index contributed by atoms with van der Waals surface area (Å²) < 4.78 is 7.80. The molecule has 6 nitrogen and oxygen atoms in total. The molecule has 25 heavy (non-hydrogen) atoms. The van der Waals surface area contributed by atoms with Crippen LogP contribution in [-0.4, -0.2) is 40.5 Å². The number of fused-ring (bicyclic) bond motifs is 2. The van der Waals surface area contributed by atoms with E-state index >= 15 is 0 Å². The van der Waals surface area contributed by atoms with Crippen LogP contribution in [0.5, 0.6) is 0 Å². The van der Waals surface area contributed by atoms with Gasteiger partial charge in [-0.1, -0.05) is 18.2 Å². The van der Waals surface area contributed by atoms with Crippen molar-refractivity contribution >= 4 is 5.96 Å². The Kier molecular flexibility index (Phi) is 4.70. The predicted molar refractivity (Wildman–Crippen MR) is 97.8 cm³/mol. The van der Waals surface area contributed by atoms with E-state index in [1.807, 2.05) is 47.4 Å². The lowest BCUT2D eigenvalue weighted by molar-refractivity contribution is 0.0992. The van der Waals surface area contributed by atoms with Crippen LogP contribution in [0.2, 0.25) is 0 Å². The molecule has 0 radical (unpaired) electrons. The Labute approximate surface area is 148 Å². The summed E-state index contributed by atoms with van der Waals surface area (Å²) in [5, 5.41) is 11.3. The van der Waals surface area contributed by atoms with Crippen molar-refractivity contribution in [2.75, 3.05) is 6.54 Å². The zero-order valence-corrected chi connectivity index (χ0v) is 14.6. The van der Waals surface area contributed by atoms with Gasteiger partial charge < -0.3 is 15.4 Å². The second-order valence-corrected chi connectivity index (χ2v) is 6.68. The molecule has 0 saturated carbocycles. The van der Waals surface area contributed by atoms with Gasteiger partial charge in [-0.3, -0.25) is 0 Å². The minimum Gasteiger partial charge on any atom is -0.373 e. The molecular formula is C19H25N5O. The molecule has 2 aliphatic heterocycles. The van der Waals surface area contributed by atoms with Crippen molar-refractivity contribution in [3.05, 3.63) is 48.3 Å². The zero-order chi connectivity index (χ0) is 17.1. The number of nitrogens with zero attached hydrogens (tertiary/aromatic N) is 3. The third-order valence-electron chi connectivity index (χ3n) is 4.85. The maximum atomic E-state index is 5.92. The molecule has 4 rings (SSSR count). The van der Waals surface area contributed by atoms with Gasteiger partial charge in [0.15, 0.2) is 5.96 Å². The average molecular weight is 339 g/mol. The van der Waals surface area contributed by atoms with Crippen LogP contribution in [0.25, 0.3) is 5.69 Å². The Hall–Kier alpha value is -2.34. The zero-order valence-electron chi connectivity index (χ0n) is 14.6. The van der Waals surface area contributed by atoms with E-state index in [0.717, 1.165) is 36.6 Å². The first-order valence-electron chi connectivity index (χ1n) is 9.11. The van der Waals surface area contributed by atoms with Crippen molar-refractivity contribution in [3.8, 4) is 5.69 Å². The summed E-state index contributed by atoms with van der Waals surface area (Å²) in [5.41, 5.74) is 2.15. The molecule has 0 aliphatic carbocycles. The van der Waals surface area contributed by atoms with Crippen LogP contribution in [0.4, 0.5) is 0 Å². The standard InChI is InChI=1S/C19H25N5O/c1-2-20-19(23-17-10-16-8-9-18(17)25-16)21-11-14-12-22-24(13-14)15-6-4-3-5-7-15/h3-7,12-13,16-18H,2,8-11H2,1H3,(H2,20,21,23). The number of aromatic nitrogens is 2. The fraction of sp³-hybridized carbons (Fsp3) is 0.474. The Morgan fingerprint density at radius 1 is 1.32 bits per heavy atom. The lowest BCUT2D eigenvalue weighted by atomic mass is 9.96. The van der Waals surface area contributed by atoms with E-state index < -0.39 is 0 Å². The molecule has 3 unspecified atom stereocenters. The van der Waals surface area contributed by atoms with Crippen LogP contribution in [0.15, 0.2) is 47.7 Å². The van der Waals surface area contributed by atoms with E-state index in [1.165, 1.54) is 6.42 Å². The first kappa shape index (κ1) is 16.1. The first-order valence-corrected chi connectivity index (χ1v) is 9.11. The van der Waals surface area contributed by atoms with Gasteiger partial charge in [-0.15, -0.1) is 0 Å². The molecule has 2 aliphatic rings. The molecular weight excluding hydrogens is 314 g/mol. The topological polar surface area (TPSA) is 63.5 Å². The smallest absolute Gasteiger partial charge is 0.191 e. The van der Waals surface area contributed by atoms with Crippen molar-refractivity contribution in [1.82, 2.24) is 20.4 Å². The number of aliphatic imine (C=N–C) groups is 1. The van der Waals surface area contributed by atoms with E-state index in [1.54, 1.807) is 0 Å². The van der Waals surface area contributed by atoms with Crippen LogP contribution in [0, 0.1) is 0 Å². The van der Waals surface area contributed by atoms with Gasteiger partial charge in [-0.25, -0.2) is 9.67 Å². The third kappa shape index (κ3) is 3.69. The Morgan fingerprint density at radius 3 is 2.92 bits per heavy atom. The molecule has 6 heteroatoms. The largest absolute Gasteiger partial charge is 0.373 e. The number of benzene rings is 1. The Balaban J connectivity index is 1.40. The molecule has 2 bridgehead atoms. The molecule has 3 atom stereocenters. The third-order valence-corrected chi connectivity index (χ3v) is 4.85. The second-order valence-electron chi connectivity index (χ2n) is 6.68. The van der Waals surface area contributed by atoms with Gasteiger partial charge in [0.1, 0.15) is 0 Å². The molecule has 3 heterocycles. The Bertz CT molecular complexity index is 726. The summed E-state index contributed by atoms with van der Waals surface area (Å²) in [6.07, 6.45) is 8.13. The summed E-state index contributed by atoms with van der Waals surface area (Å²) in [5.74, 6) is 0.858. The fourth-order valence-corrected chi connectivity index (χ4v) is 3.62. The summed E-state index contributed by atoms with van der Waals surface area (Å²) in [7, 11) is 0. The number of para-hydroxylation sites is 1. The van der Waals surface area contributed by atoms with Crippen LogP contribution in [-0.2, 0) is 11.3 Å². The van der Waals surface area contributed by atoms with Crippen LogP contribution in [0.3, 0.4) is 0 Å². The van der Waals surface area contributed by atoms with E-state index in [4.69, 9.17) is 9.73 Å². The van der Waals surface area contributed by atoms with Crippen molar-refractivity contribution in [2.24, 2.45) is 4.99 Å². The average Bonchev–Trinajstić information content (AvgIpc) is 3.37. The molecule has 2 N–H and O–H groups in total. The Morgan fingerprint density at radius 2 is 2.20 bits per heavy atom. The number of rotatable bonds is 5. The lowest BCUT2D eigenvalue weighted by Gasteiger charge is -2.22. The highest BCUT2D eigenvalue weighted by Crippen LogP contribution is 2.34. The number of ether oxygens (including phenoxy) is 1. The molecule has 132 valence electrons. The molecule has 2 aromatic rings. The maximum Gasteiger partial charge on any atom is 0.191 e. The minimum absolute atomic E-state index is 0.342. The van der Waals surface area contributed by atoms with Crippen LogP contribution in [0.1, 0.15) is 31.7 Å². The normalized spacial score (nSPS) is 25.3. The summed E-state index contributed by atoms with van der Waals surface area (Å²) >= 11 is 0. The van der Waals surface area contributed by atoms with E-state index in [9.17, 15) is 0 Å². The van der Waals surface area contributed by atoms with Crippen molar-refractivity contribution in [3.63, 3.8) is 0 Å². The van der Waals surface area contributed by atoms with Crippen molar-refractivity contribution in [2.45, 2.75) is 51.0 Å². The second kappa shape index (κ2) is 7.27. The number of nitrogens with one attached hydrogen (secondary N) is 2. The molecule has 2 fully saturated rings. The maximum absolute atomic E-state index is 5.92. The first-order chi connectivity index (χ1) is 12.3. The highest BCUT2D eigenvalue weighted by Gasteiger charge is 2.41. The highest BCUT2D eigenvalue weighted by atomic mass is 16.5. The van der Waals surface area contributed by atoms with E-state index in [2.05, 4.69) is 22.7 Å². The predicted octanol–water partition coefficient (Wildman–Crippen LogP) is 2.25. The van der Waals surface area contributed by atoms with Crippen molar-refractivity contribution < 1.29 is 4.74 Å². The summed E-state index contributed by atoms with van der Waals surface area (Å²) in [6.45, 7) is 3.53. The highest BCUT2D eigenvalue weighted by molar-refractivity contribution is 5.80. The monoisotopic (exact) mass is 339 g/mol. The molecule has 1 aromatic carbocycles. The van der Waals surface area contributed by atoms with Crippen LogP contribution >= 0.6 is 0 Å². The number of hydrogen-bond acceptors (Lipinski definition) is 3. The quantitative estimate of drug-likeness (QED) is 0.648. The molecule has 0 amide bonds. The summed E-state index contributed by atoms with van der Waals surface area (Å²) in [6, 6.07) is 10.5. The van der Waals surface area contributed by atoms with Gasteiger partial charge in [0, 0.05) is 18.3 Å². The molecule has 1 aromatic heterocycles. The minimum atomic E-state index is 0.342. The summed E-state index contributed by atoms with van der Waals surface area (Å²) in [4.78, 5) is 4.72. The number of hydrogen-bond donors (Lipinski definition) is 2. The SMILES string of the molecule is CCNC(=NCc1cnn(-c2ccccc2)c1)NC1CC2CCC1O2. The fourth-order valence-electron chi connectivity index (χ4n) is 3.62. The van der Waals surface area contributed by atoms with Gasteiger partial charge in [0.25, 0.3) is 0 Å². The van der Waals surface area contributed by atoms with Gasteiger partial charge in [-0.05, 0) is 38.3 Å². The molecule has 2 saturated heterocycles. The van der Waals surface area contributed by atoms with Gasteiger partial charge in [-0.2, -0.15) is 5.10 Å².